The highest BCUT2D eigenvalue weighted by atomic mass is 79.9. The fourth-order valence-electron chi connectivity index (χ4n) is 1.26. The Kier molecular flexibility index (Phi) is 2.93. The molecular formula is C10H12BrNO2. The predicted octanol–water partition coefficient (Wildman–Crippen LogP) is 1.81. The van der Waals surface area contributed by atoms with Crippen molar-refractivity contribution in [1.29, 1.82) is 0 Å². The third-order valence-corrected chi connectivity index (χ3v) is 2.79. The van der Waals surface area contributed by atoms with Gasteiger partial charge in [-0.25, -0.2) is 0 Å². The van der Waals surface area contributed by atoms with Crippen molar-refractivity contribution in [2.24, 2.45) is 0 Å². The Hall–Kier alpha value is -0.740. The molecule has 1 N–H and O–H groups in total. The molecule has 1 aromatic rings. The van der Waals surface area contributed by atoms with E-state index in [-0.39, 0.29) is 0 Å². The molecule has 1 saturated heterocycles. The Morgan fingerprint density at radius 2 is 2.21 bits per heavy atom. The molecule has 0 bridgehead atoms. The van der Waals surface area contributed by atoms with Gasteiger partial charge in [0.05, 0.1) is 11.6 Å². The second-order valence-electron chi connectivity index (χ2n) is 3.19. The van der Waals surface area contributed by atoms with E-state index in [0.717, 1.165) is 29.1 Å². The molecule has 76 valence electrons. The van der Waals surface area contributed by atoms with Crippen LogP contribution in [0.3, 0.4) is 0 Å². The van der Waals surface area contributed by atoms with Crippen molar-refractivity contribution < 1.29 is 9.47 Å². The van der Waals surface area contributed by atoms with Gasteiger partial charge in [-0.3, -0.25) is 0 Å². The van der Waals surface area contributed by atoms with Gasteiger partial charge in [0.15, 0.2) is 0 Å². The molecule has 0 saturated carbocycles. The first-order valence-corrected chi connectivity index (χ1v) is 5.30. The molecule has 0 unspecified atom stereocenters. The van der Waals surface area contributed by atoms with Crippen LogP contribution in [-0.4, -0.2) is 26.3 Å². The van der Waals surface area contributed by atoms with Gasteiger partial charge in [-0.05, 0) is 34.1 Å². The van der Waals surface area contributed by atoms with Crippen LogP contribution in [0.25, 0.3) is 0 Å². The van der Waals surface area contributed by atoms with E-state index >= 15 is 0 Å². The van der Waals surface area contributed by atoms with Gasteiger partial charge in [0.25, 0.3) is 0 Å². The molecule has 1 heterocycles. The second kappa shape index (κ2) is 4.19. The normalized spacial score (nSPS) is 16.1. The Bertz CT molecular complexity index is 326. The number of hydrogen-bond acceptors (Lipinski definition) is 3. The Labute approximate surface area is 91.5 Å². The number of benzene rings is 1. The molecule has 14 heavy (non-hydrogen) atoms. The zero-order valence-electron chi connectivity index (χ0n) is 7.92. The van der Waals surface area contributed by atoms with Gasteiger partial charge in [-0.2, -0.15) is 0 Å². The summed E-state index contributed by atoms with van der Waals surface area (Å²) in [6.07, 6.45) is 0.315. The average Bonchev–Trinajstić information content (AvgIpc) is 2.12. The average molecular weight is 258 g/mol. The van der Waals surface area contributed by atoms with Crippen molar-refractivity contribution in [2.45, 2.75) is 6.10 Å². The van der Waals surface area contributed by atoms with Gasteiger partial charge in [-0.15, -0.1) is 0 Å². The second-order valence-corrected chi connectivity index (χ2v) is 4.05. The summed E-state index contributed by atoms with van der Waals surface area (Å²) < 4.78 is 11.7. The molecule has 3 nitrogen and oxygen atoms in total. The zero-order chi connectivity index (χ0) is 9.97. The van der Waals surface area contributed by atoms with E-state index in [0.29, 0.717) is 6.10 Å². The van der Waals surface area contributed by atoms with Crippen LogP contribution in [0.1, 0.15) is 0 Å². The van der Waals surface area contributed by atoms with E-state index in [1.54, 1.807) is 7.11 Å². The van der Waals surface area contributed by atoms with Crippen LogP contribution in [0.2, 0.25) is 0 Å². The van der Waals surface area contributed by atoms with Crippen molar-refractivity contribution in [3.8, 4) is 11.5 Å². The van der Waals surface area contributed by atoms with E-state index < -0.39 is 0 Å². The van der Waals surface area contributed by atoms with Gasteiger partial charge in [0, 0.05) is 13.1 Å². The third-order valence-electron chi connectivity index (χ3n) is 2.17. The molecular weight excluding hydrogens is 246 g/mol. The highest BCUT2D eigenvalue weighted by Gasteiger charge is 2.18. The topological polar surface area (TPSA) is 30.5 Å². The summed E-state index contributed by atoms with van der Waals surface area (Å²) in [5.41, 5.74) is 0. The summed E-state index contributed by atoms with van der Waals surface area (Å²) in [4.78, 5) is 0. The molecule has 1 aliphatic heterocycles. The molecule has 0 atom stereocenters. The SMILES string of the molecule is COc1ccc(OC2CNC2)cc1Br. The summed E-state index contributed by atoms with van der Waals surface area (Å²) in [6, 6.07) is 5.74. The third kappa shape index (κ3) is 2.01. The molecule has 0 amide bonds. The van der Waals surface area contributed by atoms with Crippen LogP contribution in [-0.2, 0) is 0 Å². The molecule has 0 aliphatic carbocycles. The summed E-state index contributed by atoms with van der Waals surface area (Å²) in [6.45, 7) is 1.87. The number of hydrogen-bond donors (Lipinski definition) is 1. The minimum atomic E-state index is 0.315. The van der Waals surface area contributed by atoms with E-state index in [1.165, 1.54) is 0 Å². The van der Waals surface area contributed by atoms with E-state index in [1.807, 2.05) is 18.2 Å². The first kappa shape index (κ1) is 9.80. The fourth-order valence-corrected chi connectivity index (χ4v) is 1.78. The summed E-state index contributed by atoms with van der Waals surface area (Å²) in [5.74, 6) is 1.70. The minimum absolute atomic E-state index is 0.315. The van der Waals surface area contributed by atoms with Crippen molar-refractivity contribution in [3.63, 3.8) is 0 Å². The van der Waals surface area contributed by atoms with Crippen LogP contribution in [0, 0.1) is 0 Å². The highest BCUT2D eigenvalue weighted by molar-refractivity contribution is 9.10. The lowest BCUT2D eigenvalue weighted by atomic mass is 10.2. The lowest BCUT2D eigenvalue weighted by molar-refractivity contribution is 0.142. The number of methoxy groups -OCH3 is 1. The lowest BCUT2D eigenvalue weighted by Gasteiger charge is -2.27. The standard InChI is InChI=1S/C10H12BrNO2/c1-13-10-3-2-7(4-9(10)11)14-8-5-12-6-8/h2-4,8,12H,5-6H2,1H3. The lowest BCUT2D eigenvalue weighted by Crippen LogP contribution is -2.50. The molecule has 0 spiro atoms. The molecule has 4 heteroatoms. The molecule has 0 radical (unpaired) electrons. The van der Waals surface area contributed by atoms with Crippen molar-refractivity contribution in [3.05, 3.63) is 22.7 Å². The molecule has 1 aliphatic rings. The van der Waals surface area contributed by atoms with Crippen LogP contribution >= 0.6 is 15.9 Å². The van der Waals surface area contributed by atoms with Crippen molar-refractivity contribution in [1.82, 2.24) is 5.32 Å². The molecule has 0 aromatic heterocycles. The minimum Gasteiger partial charge on any atom is -0.496 e. The number of halogens is 1. The van der Waals surface area contributed by atoms with Gasteiger partial charge < -0.3 is 14.8 Å². The Balaban J connectivity index is 2.07. The first-order valence-electron chi connectivity index (χ1n) is 4.50. The van der Waals surface area contributed by atoms with Crippen molar-refractivity contribution in [2.75, 3.05) is 20.2 Å². The van der Waals surface area contributed by atoms with Gasteiger partial charge in [0.2, 0.25) is 0 Å². The summed E-state index contributed by atoms with van der Waals surface area (Å²) in [5, 5.41) is 3.16. The maximum absolute atomic E-state index is 5.68. The molecule has 2 rings (SSSR count). The van der Waals surface area contributed by atoms with Crippen LogP contribution in [0.4, 0.5) is 0 Å². The number of ether oxygens (including phenoxy) is 2. The van der Waals surface area contributed by atoms with Crippen molar-refractivity contribution >= 4 is 15.9 Å². The fraction of sp³-hybridized carbons (Fsp3) is 0.400. The van der Waals surface area contributed by atoms with Crippen LogP contribution < -0.4 is 14.8 Å². The summed E-state index contributed by atoms with van der Waals surface area (Å²) in [7, 11) is 1.65. The zero-order valence-corrected chi connectivity index (χ0v) is 9.50. The highest BCUT2D eigenvalue weighted by Crippen LogP contribution is 2.29. The van der Waals surface area contributed by atoms with E-state index in [9.17, 15) is 0 Å². The summed E-state index contributed by atoms with van der Waals surface area (Å²) >= 11 is 3.42. The molecule has 1 fully saturated rings. The van der Waals surface area contributed by atoms with Gasteiger partial charge >= 0.3 is 0 Å². The van der Waals surface area contributed by atoms with E-state index in [2.05, 4.69) is 21.2 Å². The number of rotatable bonds is 3. The Morgan fingerprint density at radius 1 is 1.43 bits per heavy atom. The monoisotopic (exact) mass is 257 g/mol. The maximum atomic E-state index is 5.68. The van der Waals surface area contributed by atoms with E-state index in [4.69, 9.17) is 9.47 Å². The molecule has 1 aromatic carbocycles. The largest absolute Gasteiger partial charge is 0.496 e. The predicted molar refractivity (Wildman–Crippen MR) is 58.0 cm³/mol. The maximum Gasteiger partial charge on any atom is 0.133 e. The first-order chi connectivity index (χ1) is 6.79. The smallest absolute Gasteiger partial charge is 0.133 e. The van der Waals surface area contributed by atoms with Gasteiger partial charge in [0.1, 0.15) is 17.6 Å². The van der Waals surface area contributed by atoms with Crippen LogP contribution in [0.15, 0.2) is 22.7 Å². The van der Waals surface area contributed by atoms with Gasteiger partial charge in [-0.1, -0.05) is 0 Å². The van der Waals surface area contributed by atoms with Crippen LogP contribution in [0.5, 0.6) is 11.5 Å². The Morgan fingerprint density at radius 3 is 2.71 bits per heavy atom. The quantitative estimate of drug-likeness (QED) is 0.896. The number of nitrogens with one attached hydrogen (secondary N) is 1.